The van der Waals surface area contributed by atoms with Gasteiger partial charge in [0.1, 0.15) is 5.75 Å². The van der Waals surface area contributed by atoms with E-state index in [2.05, 4.69) is 10.6 Å². The monoisotopic (exact) mass is 391 g/mol. The zero-order valence-corrected chi connectivity index (χ0v) is 15.9. The third kappa shape index (κ3) is 5.80. The zero-order chi connectivity index (χ0) is 20.6. The predicted octanol–water partition coefficient (Wildman–Crippen LogP) is 4.53. The molecule has 1 amide bonds. The number of non-ortho nitro benzene ring substituents is 1. The lowest BCUT2D eigenvalue weighted by molar-refractivity contribution is -0.384. The van der Waals surface area contributed by atoms with Gasteiger partial charge in [-0.2, -0.15) is 0 Å². The SMILES string of the molecule is Cc1cccc(NC(=O)COc2ccccc2CNc2cccc([N+](=O)[O-])c2)c1. The standard InChI is InChI=1S/C22H21N3O4/c1-16-6-4-9-19(12-16)24-22(26)15-29-21-11-3-2-7-17(21)14-23-18-8-5-10-20(13-18)25(27)28/h2-13,23H,14-15H2,1H3,(H,24,26). The van der Waals surface area contributed by atoms with Crippen LogP contribution < -0.4 is 15.4 Å². The van der Waals surface area contributed by atoms with E-state index in [1.165, 1.54) is 12.1 Å². The molecule has 3 rings (SSSR count). The van der Waals surface area contributed by atoms with Crippen LogP contribution in [0.15, 0.2) is 72.8 Å². The fraction of sp³-hybridized carbons (Fsp3) is 0.136. The Morgan fingerprint density at radius 1 is 1.00 bits per heavy atom. The summed E-state index contributed by atoms with van der Waals surface area (Å²) in [6.45, 7) is 2.23. The molecule has 0 saturated heterocycles. The molecule has 0 unspecified atom stereocenters. The molecule has 7 nitrogen and oxygen atoms in total. The van der Waals surface area contributed by atoms with Crippen molar-refractivity contribution in [1.29, 1.82) is 0 Å². The van der Waals surface area contributed by atoms with Crippen molar-refractivity contribution in [2.45, 2.75) is 13.5 Å². The van der Waals surface area contributed by atoms with Crippen molar-refractivity contribution in [1.82, 2.24) is 0 Å². The first kappa shape index (κ1) is 19.9. The maximum absolute atomic E-state index is 12.2. The number of nitro benzene ring substituents is 1. The largest absolute Gasteiger partial charge is 0.483 e. The molecule has 0 radical (unpaired) electrons. The van der Waals surface area contributed by atoms with Crippen LogP contribution in [0.5, 0.6) is 5.75 Å². The summed E-state index contributed by atoms with van der Waals surface area (Å²) in [5.74, 6) is 0.321. The highest BCUT2D eigenvalue weighted by Crippen LogP contribution is 2.22. The maximum Gasteiger partial charge on any atom is 0.271 e. The van der Waals surface area contributed by atoms with E-state index in [1.807, 2.05) is 49.4 Å². The number of carbonyl (C=O) groups is 1. The molecule has 2 N–H and O–H groups in total. The van der Waals surface area contributed by atoms with Crippen LogP contribution in [0.25, 0.3) is 0 Å². The van der Waals surface area contributed by atoms with Crippen molar-refractivity contribution >= 4 is 23.0 Å². The van der Waals surface area contributed by atoms with Gasteiger partial charge < -0.3 is 15.4 Å². The topological polar surface area (TPSA) is 93.5 Å². The van der Waals surface area contributed by atoms with Gasteiger partial charge in [0, 0.05) is 35.6 Å². The molecular formula is C22H21N3O4. The van der Waals surface area contributed by atoms with Crippen LogP contribution in [0.2, 0.25) is 0 Å². The lowest BCUT2D eigenvalue weighted by atomic mass is 10.2. The molecular weight excluding hydrogens is 370 g/mol. The minimum Gasteiger partial charge on any atom is -0.483 e. The summed E-state index contributed by atoms with van der Waals surface area (Å²) in [6, 6.07) is 21.2. The number of nitro groups is 1. The van der Waals surface area contributed by atoms with E-state index in [9.17, 15) is 14.9 Å². The Labute approximate surface area is 168 Å². The third-order valence-electron chi connectivity index (χ3n) is 4.17. The van der Waals surface area contributed by atoms with Crippen LogP contribution in [0.1, 0.15) is 11.1 Å². The smallest absolute Gasteiger partial charge is 0.271 e. The van der Waals surface area contributed by atoms with E-state index in [-0.39, 0.29) is 18.2 Å². The van der Waals surface area contributed by atoms with E-state index in [0.29, 0.717) is 18.0 Å². The highest BCUT2D eigenvalue weighted by molar-refractivity contribution is 5.91. The highest BCUT2D eigenvalue weighted by Gasteiger charge is 2.09. The van der Waals surface area contributed by atoms with Gasteiger partial charge in [0.05, 0.1) is 4.92 Å². The zero-order valence-electron chi connectivity index (χ0n) is 15.9. The Hall–Kier alpha value is -3.87. The van der Waals surface area contributed by atoms with Crippen molar-refractivity contribution in [3.63, 3.8) is 0 Å². The number of nitrogens with zero attached hydrogens (tertiary/aromatic N) is 1. The third-order valence-corrected chi connectivity index (χ3v) is 4.17. The number of para-hydroxylation sites is 1. The number of benzene rings is 3. The number of amides is 1. The number of hydrogen-bond acceptors (Lipinski definition) is 5. The van der Waals surface area contributed by atoms with E-state index < -0.39 is 4.92 Å². The Balaban J connectivity index is 1.59. The van der Waals surface area contributed by atoms with Crippen LogP contribution in [-0.2, 0) is 11.3 Å². The number of hydrogen-bond donors (Lipinski definition) is 2. The molecule has 0 saturated carbocycles. The number of carbonyl (C=O) groups excluding carboxylic acids is 1. The first-order valence-corrected chi connectivity index (χ1v) is 9.07. The van der Waals surface area contributed by atoms with Gasteiger partial charge in [-0.25, -0.2) is 0 Å². The molecule has 0 heterocycles. The van der Waals surface area contributed by atoms with E-state index in [0.717, 1.165) is 16.8 Å². The van der Waals surface area contributed by atoms with Gasteiger partial charge in [-0.05, 0) is 36.8 Å². The van der Waals surface area contributed by atoms with Crippen molar-refractivity contribution in [3.8, 4) is 5.75 Å². The second-order valence-corrected chi connectivity index (χ2v) is 6.48. The molecule has 0 aliphatic rings. The molecule has 0 aliphatic heterocycles. The number of nitrogens with one attached hydrogen (secondary N) is 2. The van der Waals surface area contributed by atoms with Gasteiger partial charge >= 0.3 is 0 Å². The Morgan fingerprint density at radius 2 is 1.76 bits per heavy atom. The molecule has 0 aliphatic carbocycles. The first-order chi connectivity index (χ1) is 14.0. The molecule has 3 aromatic carbocycles. The lowest BCUT2D eigenvalue weighted by Crippen LogP contribution is -2.20. The molecule has 7 heteroatoms. The molecule has 0 atom stereocenters. The number of aryl methyl sites for hydroxylation is 1. The van der Waals surface area contributed by atoms with Gasteiger partial charge in [0.15, 0.2) is 6.61 Å². The number of ether oxygens (including phenoxy) is 1. The summed E-state index contributed by atoms with van der Waals surface area (Å²) in [5.41, 5.74) is 3.27. The van der Waals surface area contributed by atoms with Crippen molar-refractivity contribution in [2.24, 2.45) is 0 Å². The average molecular weight is 391 g/mol. The Kier molecular flexibility index (Phi) is 6.42. The van der Waals surface area contributed by atoms with Crippen LogP contribution in [-0.4, -0.2) is 17.4 Å². The maximum atomic E-state index is 12.2. The summed E-state index contributed by atoms with van der Waals surface area (Å²) < 4.78 is 5.69. The first-order valence-electron chi connectivity index (χ1n) is 9.07. The second kappa shape index (κ2) is 9.36. The summed E-state index contributed by atoms with van der Waals surface area (Å²) in [4.78, 5) is 22.6. The molecule has 0 spiro atoms. The van der Waals surface area contributed by atoms with Gasteiger partial charge in [0.25, 0.3) is 11.6 Å². The highest BCUT2D eigenvalue weighted by atomic mass is 16.6. The van der Waals surface area contributed by atoms with Gasteiger partial charge in [-0.1, -0.05) is 36.4 Å². The Morgan fingerprint density at radius 3 is 2.55 bits per heavy atom. The summed E-state index contributed by atoms with van der Waals surface area (Å²) in [6.07, 6.45) is 0. The minimum atomic E-state index is -0.435. The Bertz CT molecular complexity index is 1020. The van der Waals surface area contributed by atoms with E-state index in [1.54, 1.807) is 18.2 Å². The molecule has 3 aromatic rings. The predicted molar refractivity (Wildman–Crippen MR) is 112 cm³/mol. The van der Waals surface area contributed by atoms with Crippen molar-refractivity contribution < 1.29 is 14.5 Å². The summed E-state index contributed by atoms with van der Waals surface area (Å²) in [5, 5.41) is 16.8. The fourth-order valence-electron chi connectivity index (χ4n) is 2.78. The minimum absolute atomic E-state index is 0.0207. The van der Waals surface area contributed by atoms with Crippen molar-refractivity contribution in [3.05, 3.63) is 94.0 Å². The molecule has 0 fully saturated rings. The van der Waals surface area contributed by atoms with Crippen LogP contribution in [0.3, 0.4) is 0 Å². The molecule has 29 heavy (non-hydrogen) atoms. The van der Waals surface area contributed by atoms with E-state index >= 15 is 0 Å². The number of rotatable bonds is 8. The molecule has 0 bridgehead atoms. The van der Waals surface area contributed by atoms with Crippen LogP contribution in [0.4, 0.5) is 17.1 Å². The molecule has 0 aromatic heterocycles. The fourth-order valence-corrected chi connectivity index (χ4v) is 2.78. The summed E-state index contributed by atoms with van der Waals surface area (Å²) in [7, 11) is 0. The quantitative estimate of drug-likeness (QED) is 0.435. The average Bonchev–Trinajstić information content (AvgIpc) is 2.71. The van der Waals surface area contributed by atoms with Crippen LogP contribution in [0, 0.1) is 17.0 Å². The molecule has 148 valence electrons. The lowest BCUT2D eigenvalue weighted by Gasteiger charge is -2.13. The van der Waals surface area contributed by atoms with Crippen LogP contribution >= 0.6 is 0 Å². The van der Waals surface area contributed by atoms with Gasteiger partial charge in [0.2, 0.25) is 0 Å². The second-order valence-electron chi connectivity index (χ2n) is 6.48. The number of anilines is 2. The van der Waals surface area contributed by atoms with Gasteiger partial charge in [-0.3, -0.25) is 14.9 Å². The van der Waals surface area contributed by atoms with Gasteiger partial charge in [-0.15, -0.1) is 0 Å². The normalized spacial score (nSPS) is 10.2. The summed E-state index contributed by atoms with van der Waals surface area (Å²) >= 11 is 0. The van der Waals surface area contributed by atoms with Crippen molar-refractivity contribution in [2.75, 3.05) is 17.2 Å². The van der Waals surface area contributed by atoms with E-state index in [4.69, 9.17) is 4.74 Å².